The molecule has 8 heteroatoms. The molecule has 7 nitrogen and oxygen atoms in total. The van der Waals surface area contributed by atoms with Gasteiger partial charge in [0.1, 0.15) is 18.4 Å². The number of benzene rings is 2. The minimum absolute atomic E-state index is 0. The molecule has 2 aromatic carbocycles. The van der Waals surface area contributed by atoms with Crippen molar-refractivity contribution in [1.82, 2.24) is 25.4 Å². The van der Waals surface area contributed by atoms with Gasteiger partial charge >= 0.3 is 0 Å². The number of halogens is 1. The van der Waals surface area contributed by atoms with Gasteiger partial charge in [0.2, 0.25) is 0 Å². The van der Waals surface area contributed by atoms with Crippen molar-refractivity contribution < 1.29 is 4.74 Å². The molecule has 0 unspecified atom stereocenters. The summed E-state index contributed by atoms with van der Waals surface area (Å²) in [5.74, 6) is 2.49. The molecule has 0 saturated heterocycles. The first-order valence-corrected chi connectivity index (χ1v) is 10.9. The molecule has 1 fully saturated rings. The zero-order chi connectivity index (χ0) is 21.5. The van der Waals surface area contributed by atoms with Crippen molar-refractivity contribution in [2.24, 2.45) is 10.9 Å². The number of aliphatic imine (C=N–C) groups is 1. The second kappa shape index (κ2) is 11.8. The van der Waals surface area contributed by atoms with Gasteiger partial charge in [-0.2, -0.15) is 5.10 Å². The molecule has 1 saturated carbocycles. The van der Waals surface area contributed by atoms with E-state index in [0.29, 0.717) is 13.1 Å². The standard InChI is InChI=1S/C24H30N6O.HI/c1-3-26-24(27-13-19-7-10-22(11-8-19)30-17-25-16-29-30)28-14-21-9-4-18(2)12-23(21)31-15-20-5-6-20;/h4,7-12,16-17,20H,3,5-6,13-15H2,1-2H3,(H2,26,27,28);1H. The van der Waals surface area contributed by atoms with Gasteiger partial charge in [-0.05, 0) is 61.9 Å². The van der Waals surface area contributed by atoms with E-state index in [-0.39, 0.29) is 24.0 Å². The van der Waals surface area contributed by atoms with Crippen LogP contribution in [0.5, 0.6) is 5.75 Å². The molecule has 0 radical (unpaired) electrons. The summed E-state index contributed by atoms with van der Waals surface area (Å²) in [6.07, 6.45) is 5.80. The Hall–Kier alpha value is -2.62. The summed E-state index contributed by atoms with van der Waals surface area (Å²) in [7, 11) is 0. The normalized spacial score (nSPS) is 13.4. The Morgan fingerprint density at radius 1 is 1.16 bits per heavy atom. The van der Waals surface area contributed by atoms with Gasteiger partial charge in [-0.3, -0.25) is 0 Å². The predicted octanol–water partition coefficient (Wildman–Crippen LogP) is 4.24. The number of guanidine groups is 1. The molecule has 0 spiro atoms. The summed E-state index contributed by atoms with van der Waals surface area (Å²) in [6.45, 7) is 7.04. The molecule has 0 atom stereocenters. The smallest absolute Gasteiger partial charge is 0.191 e. The number of nitrogens with one attached hydrogen (secondary N) is 2. The number of nitrogens with zero attached hydrogens (tertiary/aromatic N) is 4. The van der Waals surface area contributed by atoms with Crippen LogP contribution in [0.15, 0.2) is 60.1 Å². The highest BCUT2D eigenvalue weighted by atomic mass is 127. The second-order valence-electron chi connectivity index (χ2n) is 7.92. The topological polar surface area (TPSA) is 76.4 Å². The molecule has 170 valence electrons. The Morgan fingerprint density at radius 3 is 2.66 bits per heavy atom. The van der Waals surface area contributed by atoms with Crippen LogP contribution in [0.25, 0.3) is 5.69 Å². The lowest BCUT2D eigenvalue weighted by Gasteiger charge is -2.15. The summed E-state index contributed by atoms with van der Waals surface area (Å²) in [5.41, 5.74) is 4.47. The number of hydrogen-bond donors (Lipinski definition) is 2. The lowest BCUT2D eigenvalue weighted by molar-refractivity contribution is 0.296. The van der Waals surface area contributed by atoms with Crippen LogP contribution in [-0.4, -0.2) is 33.9 Å². The average molecular weight is 546 g/mol. The summed E-state index contributed by atoms with van der Waals surface area (Å²) < 4.78 is 7.83. The Labute approximate surface area is 206 Å². The highest BCUT2D eigenvalue weighted by Gasteiger charge is 2.22. The van der Waals surface area contributed by atoms with Crippen LogP contribution in [0.3, 0.4) is 0 Å². The number of aromatic nitrogens is 3. The maximum atomic E-state index is 6.09. The Bertz CT molecular complexity index is 1000. The Morgan fingerprint density at radius 2 is 1.97 bits per heavy atom. The third-order valence-electron chi connectivity index (χ3n) is 5.22. The maximum absolute atomic E-state index is 6.09. The quantitative estimate of drug-likeness (QED) is 0.239. The van der Waals surface area contributed by atoms with Crippen LogP contribution >= 0.6 is 24.0 Å². The van der Waals surface area contributed by atoms with Gasteiger partial charge in [-0.1, -0.05) is 24.3 Å². The third-order valence-corrected chi connectivity index (χ3v) is 5.22. The van der Waals surface area contributed by atoms with Crippen molar-refractivity contribution in [2.75, 3.05) is 13.2 Å². The van der Waals surface area contributed by atoms with Crippen molar-refractivity contribution in [1.29, 1.82) is 0 Å². The van der Waals surface area contributed by atoms with Crippen molar-refractivity contribution >= 4 is 29.9 Å². The van der Waals surface area contributed by atoms with Gasteiger partial charge in [0.25, 0.3) is 0 Å². The fourth-order valence-corrected chi connectivity index (χ4v) is 3.22. The van der Waals surface area contributed by atoms with E-state index in [4.69, 9.17) is 9.73 Å². The second-order valence-corrected chi connectivity index (χ2v) is 7.92. The molecule has 1 heterocycles. The Kier molecular flexibility index (Phi) is 8.90. The van der Waals surface area contributed by atoms with E-state index in [1.165, 1.54) is 24.7 Å². The molecule has 32 heavy (non-hydrogen) atoms. The number of ether oxygens (including phenoxy) is 1. The highest BCUT2D eigenvalue weighted by Crippen LogP contribution is 2.30. The highest BCUT2D eigenvalue weighted by molar-refractivity contribution is 14.0. The van der Waals surface area contributed by atoms with E-state index in [0.717, 1.165) is 47.6 Å². The van der Waals surface area contributed by atoms with Crippen LogP contribution < -0.4 is 15.4 Å². The molecule has 3 aromatic rings. The first-order valence-electron chi connectivity index (χ1n) is 10.9. The van der Waals surface area contributed by atoms with E-state index < -0.39 is 0 Å². The number of hydrogen-bond acceptors (Lipinski definition) is 4. The number of rotatable bonds is 9. The summed E-state index contributed by atoms with van der Waals surface area (Å²) in [4.78, 5) is 8.73. The minimum Gasteiger partial charge on any atom is -0.493 e. The van der Waals surface area contributed by atoms with Gasteiger partial charge in [0.15, 0.2) is 5.96 Å². The lowest BCUT2D eigenvalue weighted by Crippen LogP contribution is -2.36. The van der Waals surface area contributed by atoms with Crippen LogP contribution in [0.4, 0.5) is 0 Å². The largest absolute Gasteiger partial charge is 0.493 e. The van der Waals surface area contributed by atoms with Crippen LogP contribution in [0, 0.1) is 12.8 Å². The summed E-state index contributed by atoms with van der Waals surface area (Å²) in [6, 6.07) is 14.6. The van der Waals surface area contributed by atoms with Gasteiger partial charge in [0.05, 0.1) is 18.8 Å². The zero-order valence-electron chi connectivity index (χ0n) is 18.6. The van der Waals surface area contributed by atoms with E-state index in [9.17, 15) is 0 Å². The fraction of sp³-hybridized carbons (Fsp3) is 0.375. The van der Waals surface area contributed by atoms with E-state index >= 15 is 0 Å². The van der Waals surface area contributed by atoms with E-state index in [2.05, 4.69) is 64.9 Å². The van der Waals surface area contributed by atoms with Crippen LogP contribution in [-0.2, 0) is 13.1 Å². The van der Waals surface area contributed by atoms with E-state index in [1.54, 1.807) is 11.0 Å². The zero-order valence-corrected chi connectivity index (χ0v) is 21.0. The molecule has 1 aliphatic carbocycles. The molecule has 0 amide bonds. The molecular formula is C24H31IN6O. The van der Waals surface area contributed by atoms with Crippen molar-refractivity contribution in [3.63, 3.8) is 0 Å². The van der Waals surface area contributed by atoms with Crippen molar-refractivity contribution in [2.45, 2.75) is 39.8 Å². The monoisotopic (exact) mass is 546 g/mol. The molecule has 0 aliphatic heterocycles. The average Bonchev–Trinajstić information content (AvgIpc) is 3.46. The summed E-state index contributed by atoms with van der Waals surface area (Å²) in [5, 5.41) is 10.9. The molecule has 2 N–H and O–H groups in total. The van der Waals surface area contributed by atoms with Crippen molar-refractivity contribution in [3.8, 4) is 11.4 Å². The first-order chi connectivity index (χ1) is 15.2. The van der Waals surface area contributed by atoms with Gasteiger partial charge in [0, 0.05) is 18.7 Å². The first kappa shape index (κ1) is 24.0. The lowest BCUT2D eigenvalue weighted by atomic mass is 10.1. The molecule has 1 aromatic heterocycles. The molecular weight excluding hydrogens is 515 g/mol. The van der Waals surface area contributed by atoms with Crippen LogP contribution in [0.1, 0.15) is 36.5 Å². The summed E-state index contributed by atoms with van der Waals surface area (Å²) >= 11 is 0. The molecule has 1 aliphatic rings. The predicted molar refractivity (Wildman–Crippen MR) is 138 cm³/mol. The van der Waals surface area contributed by atoms with Gasteiger partial charge < -0.3 is 15.4 Å². The van der Waals surface area contributed by atoms with Gasteiger partial charge in [-0.25, -0.2) is 14.7 Å². The van der Waals surface area contributed by atoms with Gasteiger partial charge in [-0.15, -0.1) is 24.0 Å². The van der Waals surface area contributed by atoms with Crippen LogP contribution in [0.2, 0.25) is 0 Å². The third kappa shape index (κ3) is 6.94. The SMILES string of the molecule is CCNC(=NCc1ccc(-n2cncn2)cc1)NCc1ccc(C)cc1OCC1CC1.I. The van der Waals surface area contributed by atoms with Crippen molar-refractivity contribution in [3.05, 3.63) is 71.8 Å². The molecule has 4 rings (SSSR count). The maximum Gasteiger partial charge on any atom is 0.191 e. The number of aryl methyl sites for hydroxylation is 1. The van der Waals surface area contributed by atoms with E-state index in [1.807, 2.05) is 12.1 Å². The fourth-order valence-electron chi connectivity index (χ4n) is 3.22. The molecule has 0 bridgehead atoms. The Balaban J connectivity index is 0.00000289. The minimum atomic E-state index is 0.